The number of aromatic nitrogens is 3. The van der Waals surface area contributed by atoms with E-state index < -0.39 is 0 Å². The molecule has 0 radical (unpaired) electrons. The fraction of sp³-hybridized carbons (Fsp3) is 0.111. The van der Waals surface area contributed by atoms with E-state index in [1.807, 2.05) is 18.3 Å². The SMILES string of the molecule is Cc1cc[nH+]c(-c2ccn[nH]2)c1.[Cl-]. The molecule has 0 atom stereocenters. The van der Waals surface area contributed by atoms with E-state index in [1.165, 1.54) is 5.56 Å². The van der Waals surface area contributed by atoms with Crippen molar-refractivity contribution in [3.05, 3.63) is 36.2 Å². The first kappa shape index (κ1) is 9.74. The highest BCUT2D eigenvalue weighted by molar-refractivity contribution is 5.49. The van der Waals surface area contributed by atoms with Gasteiger partial charge in [-0.15, -0.1) is 0 Å². The van der Waals surface area contributed by atoms with Gasteiger partial charge in [0.15, 0.2) is 6.20 Å². The lowest BCUT2D eigenvalue weighted by atomic mass is 10.2. The van der Waals surface area contributed by atoms with Gasteiger partial charge in [0.05, 0.1) is 0 Å². The quantitative estimate of drug-likeness (QED) is 0.574. The van der Waals surface area contributed by atoms with Crippen molar-refractivity contribution in [1.29, 1.82) is 0 Å². The lowest BCUT2D eigenvalue weighted by Gasteiger charge is -1.90. The summed E-state index contributed by atoms with van der Waals surface area (Å²) < 4.78 is 0. The molecule has 2 N–H and O–H groups in total. The molecule has 0 unspecified atom stereocenters. The molecule has 2 rings (SSSR count). The number of halogens is 1. The Hall–Kier alpha value is -1.35. The number of H-pyrrole nitrogens is 2. The van der Waals surface area contributed by atoms with E-state index in [0.29, 0.717) is 0 Å². The zero-order chi connectivity index (χ0) is 8.39. The van der Waals surface area contributed by atoms with Gasteiger partial charge in [0.25, 0.3) is 0 Å². The first-order valence-electron chi connectivity index (χ1n) is 3.84. The summed E-state index contributed by atoms with van der Waals surface area (Å²) in [6.07, 6.45) is 3.66. The van der Waals surface area contributed by atoms with E-state index in [-0.39, 0.29) is 12.4 Å². The molecule has 0 amide bonds. The largest absolute Gasteiger partial charge is 1.00 e. The fourth-order valence-corrected chi connectivity index (χ4v) is 1.14. The number of nitrogens with one attached hydrogen (secondary N) is 2. The Balaban J connectivity index is 0.000000845. The number of aryl methyl sites for hydroxylation is 1. The maximum atomic E-state index is 3.88. The topological polar surface area (TPSA) is 42.8 Å². The van der Waals surface area contributed by atoms with Crippen LogP contribution in [0.2, 0.25) is 0 Å². The Kier molecular flexibility index (Phi) is 3.03. The highest BCUT2D eigenvalue weighted by atomic mass is 35.5. The van der Waals surface area contributed by atoms with Crippen molar-refractivity contribution in [2.24, 2.45) is 0 Å². The fourth-order valence-electron chi connectivity index (χ4n) is 1.14. The molecule has 68 valence electrons. The number of hydrogen-bond acceptors (Lipinski definition) is 1. The van der Waals surface area contributed by atoms with Gasteiger partial charge >= 0.3 is 0 Å². The number of pyridine rings is 1. The van der Waals surface area contributed by atoms with E-state index >= 15 is 0 Å². The molecule has 0 aliphatic rings. The Morgan fingerprint density at radius 3 is 2.85 bits per heavy atom. The number of hydrogen-bond donors (Lipinski definition) is 1. The molecular weight excluding hydrogens is 186 g/mol. The highest BCUT2D eigenvalue weighted by Gasteiger charge is 2.04. The van der Waals surface area contributed by atoms with Gasteiger partial charge in [-0.2, -0.15) is 5.10 Å². The standard InChI is InChI=1S/C9H9N3.ClH/c1-7-2-4-10-9(6-7)8-3-5-11-12-8;/h2-6H,1H3,(H,11,12);1H. The van der Waals surface area contributed by atoms with Crippen LogP contribution in [-0.4, -0.2) is 10.2 Å². The van der Waals surface area contributed by atoms with Crippen LogP contribution in [-0.2, 0) is 0 Å². The van der Waals surface area contributed by atoms with Crippen LogP contribution in [0.3, 0.4) is 0 Å². The van der Waals surface area contributed by atoms with E-state index in [2.05, 4.69) is 28.2 Å². The summed E-state index contributed by atoms with van der Waals surface area (Å²) in [6, 6.07) is 6.04. The molecule has 0 saturated heterocycles. The van der Waals surface area contributed by atoms with Crippen molar-refractivity contribution in [3.8, 4) is 11.4 Å². The van der Waals surface area contributed by atoms with Crippen molar-refractivity contribution in [2.45, 2.75) is 6.92 Å². The van der Waals surface area contributed by atoms with E-state index in [0.717, 1.165) is 11.4 Å². The molecule has 0 saturated carbocycles. The molecule has 2 heterocycles. The van der Waals surface area contributed by atoms with Crippen LogP contribution >= 0.6 is 0 Å². The third-order valence-corrected chi connectivity index (χ3v) is 1.75. The van der Waals surface area contributed by atoms with E-state index in [9.17, 15) is 0 Å². The molecule has 2 aromatic rings. The van der Waals surface area contributed by atoms with Gasteiger partial charge in [-0.05, 0) is 18.6 Å². The van der Waals surface area contributed by atoms with Crippen LogP contribution in [0.15, 0.2) is 30.6 Å². The van der Waals surface area contributed by atoms with Crippen molar-refractivity contribution < 1.29 is 17.4 Å². The lowest BCUT2D eigenvalue weighted by molar-refractivity contribution is -0.365. The normalized spacial score (nSPS) is 9.31. The van der Waals surface area contributed by atoms with Crippen molar-refractivity contribution in [2.75, 3.05) is 0 Å². The summed E-state index contributed by atoms with van der Waals surface area (Å²) in [7, 11) is 0. The summed E-state index contributed by atoms with van der Waals surface area (Å²) in [4.78, 5) is 3.14. The zero-order valence-electron chi connectivity index (χ0n) is 7.21. The van der Waals surface area contributed by atoms with Gasteiger partial charge in [-0.1, -0.05) is 0 Å². The molecule has 13 heavy (non-hydrogen) atoms. The van der Waals surface area contributed by atoms with Crippen molar-refractivity contribution in [1.82, 2.24) is 10.2 Å². The molecule has 0 bridgehead atoms. The molecule has 2 aromatic heterocycles. The lowest BCUT2D eigenvalue weighted by Crippen LogP contribution is -3.00. The molecule has 0 spiro atoms. The second-order valence-electron chi connectivity index (χ2n) is 2.75. The molecule has 0 aromatic carbocycles. The van der Waals surface area contributed by atoms with Gasteiger partial charge in [0, 0.05) is 18.3 Å². The summed E-state index contributed by atoms with van der Waals surface area (Å²) in [5, 5.41) is 6.78. The van der Waals surface area contributed by atoms with Gasteiger partial charge < -0.3 is 12.4 Å². The molecule has 0 aliphatic carbocycles. The molecule has 0 fully saturated rings. The Morgan fingerprint density at radius 1 is 1.38 bits per heavy atom. The van der Waals surface area contributed by atoms with Crippen LogP contribution in [0.4, 0.5) is 0 Å². The van der Waals surface area contributed by atoms with Crippen LogP contribution in [0.5, 0.6) is 0 Å². The predicted molar refractivity (Wildman–Crippen MR) is 45.3 cm³/mol. The Bertz CT molecular complexity index is 370. The van der Waals surface area contributed by atoms with Gasteiger partial charge in [0.2, 0.25) is 5.69 Å². The summed E-state index contributed by atoms with van der Waals surface area (Å²) in [5.74, 6) is 0. The van der Waals surface area contributed by atoms with Crippen LogP contribution in [0.1, 0.15) is 5.56 Å². The van der Waals surface area contributed by atoms with Gasteiger partial charge in [-0.3, -0.25) is 5.10 Å². The third kappa shape index (κ3) is 2.06. The minimum Gasteiger partial charge on any atom is -1.00 e. The Labute approximate surface area is 82.6 Å². The third-order valence-electron chi connectivity index (χ3n) is 1.75. The summed E-state index contributed by atoms with van der Waals surface area (Å²) in [6.45, 7) is 2.06. The molecular formula is C9H10ClN3. The Morgan fingerprint density at radius 2 is 2.23 bits per heavy atom. The molecule has 3 nitrogen and oxygen atoms in total. The van der Waals surface area contributed by atoms with Crippen molar-refractivity contribution >= 4 is 0 Å². The number of nitrogens with zero attached hydrogens (tertiary/aromatic N) is 1. The average molecular weight is 196 g/mol. The maximum absolute atomic E-state index is 3.88. The summed E-state index contributed by atoms with van der Waals surface area (Å²) in [5.41, 5.74) is 3.31. The average Bonchev–Trinajstić information content (AvgIpc) is 2.56. The monoisotopic (exact) mass is 195 g/mol. The number of rotatable bonds is 1. The van der Waals surface area contributed by atoms with Gasteiger partial charge in [-0.25, -0.2) is 4.98 Å². The maximum Gasteiger partial charge on any atom is 0.229 e. The van der Waals surface area contributed by atoms with E-state index in [4.69, 9.17) is 0 Å². The highest BCUT2D eigenvalue weighted by Crippen LogP contribution is 2.10. The molecule has 0 aliphatic heterocycles. The number of aromatic amines is 2. The first-order chi connectivity index (χ1) is 5.86. The zero-order valence-corrected chi connectivity index (χ0v) is 7.97. The first-order valence-corrected chi connectivity index (χ1v) is 3.84. The van der Waals surface area contributed by atoms with Crippen LogP contribution < -0.4 is 17.4 Å². The minimum atomic E-state index is 0. The van der Waals surface area contributed by atoms with E-state index in [1.54, 1.807) is 6.20 Å². The smallest absolute Gasteiger partial charge is 0.229 e. The molecule has 4 heteroatoms. The van der Waals surface area contributed by atoms with Crippen molar-refractivity contribution in [3.63, 3.8) is 0 Å². The second kappa shape index (κ2) is 4.05. The van der Waals surface area contributed by atoms with Crippen LogP contribution in [0, 0.1) is 6.92 Å². The van der Waals surface area contributed by atoms with Gasteiger partial charge in [0.1, 0.15) is 5.69 Å². The van der Waals surface area contributed by atoms with Crippen LogP contribution in [0.25, 0.3) is 11.4 Å². The second-order valence-corrected chi connectivity index (χ2v) is 2.75. The minimum absolute atomic E-state index is 0. The predicted octanol–water partition coefficient (Wildman–Crippen LogP) is -1.80. The summed E-state index contributed by atoms with van der Waals surface area (Å²) >= 11 is 0.